The standard InChI is InChI=1S/C23H18ClN3O3/c1-3-27(2)22(29)13-15-8-9-17(19-7-5-4-6-18(15)19)14-25-26-23(30)16-10-11-21(28)20(24)12-16/h1,4-12,14,28H,13H2,2H3,(H,26,30). The lowest BCUT2D eigenvalue weighted by Gasteiger charge is -2.12. The van der Waals surface area contributed by atoms with Crippen LogP contribution < -0.4 is 5.43 Å². The number of carbonyl (C=O) groups excluding carboxylic acids is 2. The first-order valence-electron chi connectivity index (χ1n) is 8.96. The number of hydrazone groups is 1. The van der Waals surface area contributed by atoms with Gasteiger partial charge >= 0.3 is 0 Å². The second-order valence-corrected chi connectivity index (χ2v) is 6.89. The molecule has 0 aliphatic heterocycles. The monoisotopic (exact) mass is 419 g/mol. The maximum absolute atomic E-state index is 12.2. The number of benzene rings is 3. The Bertz CT molecular complexity index is 1200. The number of hydrogen-bond acceptors (Lipinski definition) is 4. The lowest BCUT2D eigenvalue weighted by molar-refractivity contribution is -0.126. The molecule has 30 heavy (non-hydrogen) atoms. The zero-order valence-corrected chi connectivity index (χ0v) is 16.8. The third-order valence-electron chi connectivity index (χ3n) is 4.54. The van der Waals surface area contributed by atoms with Crippen molar-refractivity contribution in [1.29, 1.82) is 0 Å². The average Bonchev–Trinajstić information content (AvgIpc) is 2.76. The summed E-state index contributed by atoms with van der Waals surface area (Å²) in [5.41, 5.74) is 4.32. The summed E-state index contributed by atoms with van der Waals surface area (Å²) in [5.74, 6) is -0.740. The number of phenolic OH excluding ortho intramolecular Hbond substituents is 1. The van der Waals surface area contributed by atoms with E-state index in [1.165, 1.54) is 29.3 Å². The smallest absolute Gasteiger partial charge is 0.271 e. The van der Waals surface area contributed by atoms with Gasteiger partial charge in [-0.1, -0.05) is 54.4 Å². The fourth-order valence-corrected chi connectivity index (χ4v) is 3.06. The minimum Gasteiger partial charge on any atom is -0.506 e. The van der Waals surface area contributed by atoms with Gasteiger partial charge in [-0.2, -0.15) is 5.10 Å². The van der Waals surface area contributed by atoms with Crippen LogP contribution >= 0.6 is 11.6 Å². The molecule has 0 heterocycles. The summed E-state index contributed by atoms with van der Waals surface area (Å²) in [4.78, 5) is 25.6. The van der Waals surface area contributed by atoms with Crippen LogP contribution in [0.4, 0.5) is 0 Å². The Kier molecular flexibility index (Phi) is 6.35. The van der Waals surface area contributed by atoms with Crippen molar-refractivity contribution >= 4 is 40.4 Å². The van der Waals surface area contributed by atoms with E-state index in [1.807, 2.05) is 36.4 Å². The third-order valence-corrected chi connectivity index (χ3v) is 4.84. The van der Waals surface area contributed by atoms with E-state index >= 15 is 0 Å². The fourth-order valence-electron chi connectivity index (χ4n) is 2.88. The molecule has 3 aromatic carbocycles. The largest absolute Gasteiger partial charge is 0.506 e. The molecule has 0 unspecified atom stereocenters. The first kappa shape index (κ1) is 20.9. The Morgan fingerprint density at radius 3 is 2.63 bits per heavy atom. The summed E-state index contributed by atoms with van der Waals surface area (Å²) < 4.78 is 0. The Labute approximate surface area is 178 Å². The molecular formula is C23H18ClN3O3. The summed E-state index contributed by atoms with van der Waals surface area (Å²) >= 11 is 5.83. The first-order chi connectivity index (χ1) is 14.4. The van der Waals surface area contributed by atoms with Crippen molar-refractivity contribution in [2.45, 2.75) is 6.42 Å². The molecule has 6 nitrogen and oxygen atoms in total. The van der Waals surface area contributed by atoms with Crippen molar-refractivity contribution in [2.24, 2.45) is 5.10 Å². The molecule has 3 rings (SSSR count). The van der Waals surface area contributed by atoms with E-state index < -0.39 is 5.91 Å². The van der Waals surface area contributed by atoms with Crippen molar-refractivity contribution < 1.29 is 14.7 Å². The van der Waals surface area contributed by atoms with Gasteiger partial charge in [-0.25, -0.2) is 5.43 Å². The fraction of sp³-hybridized carbons (Fsp3) is 0.0870. The minimum absolute atomic E-state index is 0.0817. The highest BCUT2D eigenvalue weighted by Crippen LogP contribution is 2.24. The normalized spacial score (nSPS) is 10.7. The lowest BCUT2D eigenvalue weighted by atomic mass is 9.98. The van der Waals surface area contributed by atoms with Crippen molar-refractivity contribution in [3.63, 3.8) is 0 Å². The van der Waals surface area contributed by atoms with Crippen LogP contribution in [0.3, 0.4) is 0 Å². The van der Waals surface area contributed by atoms with Crippen LogP contribution in [0.25, 0.3) is 10.8 Å². The molecule has 150 valence electrons. The first-order valence-corrected chi connectivity index (χ1v) is 9.34. The van der Waals surface area contributed by atoms with E-state index in [9.17, 15) is 14.7 Å². The van der Waals surface area contributed by atoms with Gasteiger partial charge in [0.05, 0.1) is 17.7 Å². The summed E-state index contributed by atoms with van der Waals surface area (Å²) in [7, 11) is 1.55. The van der Waals surface area contributed by atoms with E-state index in [0.717, 1.165) is 21.9 Å². The molecule has 0 atom stereocenters. The number of fused-ring (bicyclic) bond motifs is 1. The molecule has 0 fully saturated rings. The molecule has 3 aromatic rings. The molecule has 0 saturated heterocycles. The van der Waals surface area contributed by atoms with E-state index in [0.29, 0.717) is 0 Å². The van der Waals surface area contributed by atoms with Crippen molar-refractivity contribution in [3.8, 4) is 18.2 Å². The van der Waals surface area contributed by atoms with Crippen molar-refractivity contribution in [3.05, 3.63) is 76.3 Å². The molecule has 0 spiro atoms. The number of hydrogen-bond donors (Lipinski definition) is 2. The molecule has 0 aliphatic carbocycles. The molecule has 0 aromatic heterocycles. The highest BCUT2D eigenvalue weighted by atomic mass is 35.5. The van der Waals surface area contributed by atoms with Crippen LogP contribution in [0.1, 0.15) is 21.5 Å². The second-order valence-electron chi connectivity index (χ2n) is 6.48. The van der Waals surface area contributed by atoms with Gasteiger partial charge in [-0.05, 0) is 34.5 Å². The van der Waals surface area contributed by atoms with Crippen LogP contribution in [0.5, 0.6) is 5.75 Å². The van der Waals surface area contributed by atoms with Crippen LogP contribution in [0, 0.1) is 12.5 Å². The molecule has 0 aliphatic rings. The number of amides is 2. The molecule has 2 amide bonds. The quantitative estimate of drug-likeness (QED) is 0.287. The maximum atomic E-state index is 12.2. The summed E-state index contributed by atoms with van der Waals surface area (Å²) in [6.07, 6.45) is 6.99. The summed E-state index contributed by atoms with van der Waals surface area (Å²) in [6.45, 7) is 0. The minimum atomic E-state index is -0.461. The molecule has 0 radical (unpaired) electrons. The molecule has 2 N–H and O–H groups in total. The van der Waals surface area contributed by atoms with Gasteiger partial charge in [0.25, 0.3) is 5.91 Å². The van der Waals surface area contributed by atoms with E-state index in [2.05, 4.69) is 16.6 Å². The van der Waals surface area contributed by atoms with Gasteiger partial charge in [0, 0.05) is 24.2 Å². The van der Waals surface area contributed by atoms with Crippen LogP contribution in [0.15, 0.2) is 59.7 Å². The van der Waals surface area contributed by atoms with Crippen LogP contribution in [0.2, 0.25) is 5.02 Å². The highest BCUT2D eigenvalue weighted by Gasteiger charge is 2.12. The number of phenols is 1. The molecule has 0 bridgehead atoms. The number of nitrogens with one attached hydrogen (secondary N) is 1. The summed E-state index contributed by atoms with van der Waals surface area (Å²) in [6, 6.07) is 17.7. The molecule has 7 heteroatoms. The van der Waals surface area contributed by atoms with E-state index in [-0.39, 0.29) is 28.7 Å². The molecular weight excluding hydrogens is 402 g/mol. The van der Waals surface area contributed by atoms with E-state index in [4.69, 9.17) is 18.0 Å². The predicted molar refractivity (Wildman–Crippen MR) is 117 cm³/mol. The van der Waals surface area contributed by atoms with Crippen LogP contribution in [-0.2, 0) is 11.2 Å². The number of rotatable bonds is 5. The van der Waals surface area contributed by atoms with Gasteiger partial charge in [0.15, 0.2) is 0 Å². The van der Waals surface area contributed by atoms with Crippen molar-refractivity contribution in [1.82, 2.24) is 10.3 Å². The van der Waals surface area contributed by atoms with Crippen LogP contribution in [-0.4, -0.2) is 35.1 Å². The zero-order valence-electron chi connectivity index (χ0n) is 16.1. The topological polar surface area (TPSA) is 82.0 Å². The number of likely N-dealkylation sites (N-methyl/N-ethyl adjacent to an activating group) is 1. The summed E-state index contributed by atoms with van der Waals surface area (Å²) in [5, 5.41) is 15.3. The number of halogens is 1. The predicted octanol–water partition coefficient (Wildman–Crippen LogP) is 3.55. The van der Waals surface area contributed by atoms with Gasteiger partial charge in [-0.3, -0.25) is 14.5 Å². The average molecular weight is 420 g/mol. The van der Waals surface area contributed by atoms with Gasteiger partial charge in [0.1, 0.15) is 5.75 Å². The zero-order chi connectivity index (χ0) is 21.7. The second kappa shape index (κ2) is 9.12. The Balaban J connectivity index is 1.82. The Hall–Kier alpha value is -3.82. The highest BCUT2D eigenvalue weighted by molar-refractivity contribution is 6.32. The lowest BCUT2D eigenvalue weighted by Crippen LogP contribution is -2.23. The SMILES string of the molecule is C#CN(C)C(=O)Cc1ccc(C=NNC(=O)c2ccc(O)c(Cl)c2)c2ccccc12. The Morgan fingerprint density at radius 1 is 1.20 bits per heavy atom. The molecule has 0 saturated carbocycles. The van der Waals surface area contributed by atoms with Gasteiger partial charge in [-0.15, -0.1) is 0 Å². The number of aromatic hydroxyl groups is 1. The Morgan fingerprint density at radius 2 is 1.93 bits per heavy atom. The number of nitrogens with zero attached hydrogens (tertiary/aromatic N) is 2. The number of carbonyl (C=O) groups is 2. The van der Waals surface area contributed by atoms with Gasteiger partial charge < -0.3 is 5.11 Å². The third kappa shape index (κ3) is 4.59. The number of terminal acetylenes is 1. The van der Waals surface area contributed by atoms with Gasteiger partial charge in [0.2, 0.25) is 5.91 Å². The van der Waals surface area contributed by atoms with Crippen molar-refractivity contribution in [2.75, 3.05) is 7.05 Å². The van der Waals surface area contributed by atoms with E-state index in [1.54, 1.807) is 7.05 Å². The maximum Gasteiger partial charge on any atom is 0.271 e.